The first-order valence-electron chi connectivity index (χ1n) is 8.94. The number of aryl methyl sites for hydroxylation is 2. The Balaban J connectivity index is 1.82. The van der Waals surface area contributed by atoms with E-state index in [1.165, 1.54) is 0 Å². The molecule has 1 N–H and O–H groups in total. The molecule has 2 aromatic heterocycles. The normalized spacial score (nSPS) is 13.0. The standard InChI is InChI=1S/C20H28N4OS2/c1-13(2)15(4)25-10-17-7-8-19(22-9-17)23-12-26-11-18(21-6)20-14(3)24-16(5)27-20/h7-9,11,13,15H,6,10,12H2,1-5H3,(H,22,23)/b18-11-. The van der Waals surface area contributed by atoms with Crippen molar-refractivity contribution in [2.24, 2.45) is 10.9 Å². The van der Waals surface area contributed by atoms with Gasteiger partial charge in [0.15, 0.2) is 0 Å². The van der Waals surface area contributed by atoms with Crippen molar-refractivity contribution in [2.45, 2.75) is 47.3 Å². The highest BCUT2D eigenvalue weighted by Gasteiger charge is 2.09. The molecule has 0 fully saturated rings. The number of thiazole rings is 1. The molecule has 146 valence electrons. The highest BCUT2D eigenvalue weighted by molar-refractivity contribution is 8.02. The van der Waals surface area contributed by atoms with Crippen LogP contribution >= 0.6 is 23.1 Å². The number of aromatic nitrogens is 2. The fourth-order valence-electron chi connectivity index (χ4n) is 2.20. The first-order valence-corrected chi connectivity index (χ1v) is 10.8. The lowest BCUT2D eigenvalue weighted by Gasteiger charge is -2.16. The number of ether oxygens (including phenoxy) is 1. The number of hydrogen-bond donors (Lipinski definition) is 1. The molecule has 1 atom stereocenters. The Hall–Kier alpha value is -1.70. The monoisotopic (exact) mass is 404 g/mol. The molecule has 2 heterocycles. The molecule has 0 bridgehead atoms. The van der Waals surface area contributed by atoms with Crippen LogP contribution in [0.3, 0.4) is 0 Å². The lowest BCUT2D eigenvalue weighted by Crippen LogP contribution is -2.15. The third kappa shape index (κ3) is 6.75. The fourth-order valence-corrected chi connectivity index (χ4v) is 3.84. The van der Waals surface area contributed by atoms with Gasteiger partial charge in [-0.3, -0.25) is 4.99 Å². The van der Waals surface area contributed by atoms with Crippen molar-refractivity contribution in [3.05, 3.63) is 44.9 Å². The Labute approximate surface area is 170 Å². The summed E-state index contributed by atoms with van der Waals surface area (Å²) < 4.78 is 5.83. The predicted octanol–water partition coefficient (Wildman–Crippen LogP) is 5.52. The topological polar surface area (TPSA) is 59.4 Å². The van der Waals surface area contributed by atoms with Crippen LogP contribution in [0.4, 0.5) is 5.82 Å². The quantitative estimate of drug-likeness (QED) is 0.321. The van der Waals surface area contributed by atoms with Gasteiger partial charge in [-0.15, -0.1) is 23.1 Å². The molecular weight excluding hydrogens is 376 g/mol. The summed E-state index contributed by atoms with van der Waals surface area (Å²) in [6.07, 6.45) is 2.10. The molecule has 7 heteroatoms. The van der Waals surface area contributed by atoms with Crippen LogP contribution in [0.5, 0.6) is 0 Å². The molecule has 0 amide bonds. The van der Waals surface area contributed by atoms with E-state index >= 15 is 0 Å². The van der Waals surface area contributed by atoms with Gasteiger partial charge in [0.25, 0.3) is 0 Å². The van der Waals surface area contributed by atoms with Crippen LogP contribution in [0.1, 0.15) is 41.9 Å². The van der Waals surface area contributed by atoms with E-state index in [0.29, 0.717) is 18.4 Å². The number of aliphatic imine (C=N–C) groups is 1. The van der Waals surface area contributed by atoms with Crippen LogP contribution in [0, 0.1) is 19.8 Å². The van der Waals surface area contributed by atoms with Crippen molar-refractivity contribution in [3.63, 3.8) is 0 Å². The van der Waals surface area contributed by atoms with Gasteiger partial charge < -0.3 is 10.1 Å². The zero-order chi connectivity index (χ0) is 19.8. The van der Waals surface area contributed by atoms with Crippen LogP contribution in [0.25, 0.3) is 5.70 Å². The largest absolute Gasteiger partial charge is 0.374 e. The second-order valence-corrected chi connectivity index (χ2v) is 8.67. The van der Waals surface area contributed by atoms with E-state index in [-0.39, 0.29) is 6.10 Å². The average Bonchev–Trinajstić information content (AvgIpc) is 2.98. The van der Waals surface area contributed by atoms with Gasteiger partial charge >= 0.3 is 0 Å². The maximum Gasteiger partial charge on any atom is 0.126 e. The maximum atomic E-state index is 5.83. The van der Waals surface area contributed by atoms with Crippen molar-refractivity contribution in [3.8, 4) is 0 Å². The molecule has 0 spiro atoms. The molecule has 1 unspecified atom stereocenters. The van der Waals surface area contributed by atoms with E-state index in [1.54, 1.807) is 23.1 Å². The third-order valence-corrected chi connectivity index (χ3v) is 5.91. The number of anilines is 1. The Bertz CT molecular complexity index is 769. The van der Waals surface area contributed by atoms with Gasteiger partial charge in [0, 0.05) is 6.20 Å². The van der Waals surface area contributed by atoms with E-state index in [9.17, 15) is 0 Å². The molecule has 0 aliphatic rings. The molecule has 0 radical (unpaired) electrons. The van der Waals surface area contributed by atoms with Gasteiger partial charge in [-0.2, -0.15) is 0 Å². The van der Waals surface area contributed by atoms with Crippen molar-refractivity contribution in [1.29, 1.82) is 0 Å². The van der Waals surface area contributed by atoms with Gasteiger partial charge in [0.05, 0.1) is 39.9 Å². The van der Waals surface area contributed by atoms with Crippen LogP contribution in [0.2, 0.25) is 0 Å². The van der Waals surface area contributed by atoms with Crippen molar-refractivity contribution in [1.82, 2.24) is 9.97 Å². The molecule has 5 nitrogen and oxygen atoms in total. The Morgan fingerprint density at radius 1 is 1.37 bits per heavy atom. The average molecular weight is 405 g/mol. The van der Waals surface area contributed by atoms with E-state index in [1.807, 2.05) is 37.6 Å². The van der Waals surface area contributed by atoms with Crippen LogP contribution in [0.15, 0.2) is 28.7 Å². The molecule has 0 aromatic carbocycles. The number of hydrogen-bond acceptors (Lipinski definition) is 7. The maximum absolute atomic E-state index is 5.83. The molecule has 0 aliphatic carbocycles. The van der Waals surface area contributed by atoms with E-state index in [2.05, 4.69) is 47.8 Å². The van der Waals surface area contributed by atoms with Gasteiger partial charge in [0.1, 0.15) is 5.82 Å². The molecule has 0 saturated heterocycles. The van der Waals surface area contributed by atoms with Crippen molar-refractivity contribution in [2.75, 3.05) is 11.2 Å². The smallest absolute Gasteiger partial charge is 0.126 e. The van der Waals surface area contributed by atoms with Crippen LogP contribution in [-0.4, -0.2) is 28.7 Å². The number of nitrogens with one attached hydrogen (secondary N) is 1. The van der Waals surface area contributed by atoms with Crippen molar-refractivity contribution < 1.29 is 4.74 Å². The lowest BCUT2D eigenvalue weighted by atomic mass is 10.1. The second kappa shape index (κ2) is 10.6. The molecular formula is C20H28N4OS2. The third-order valence-electron chi connectivity index (χ3n) is 4.11. The van der Waals surface area contributed by atoms with Crippen LogP contribution in [-0.2, 0) is 11.3 Å². The molecule has 2 aromatic rings. The second-order valence-electron chi connectivity index (χ2n) is 6.61. The Kier molecular flexibility index (Phi) is 8.47. The fraction of sp³-hybridized carbons (Fsp3) is 0.450. The molecule has 2 rings (SSSR count). The number of nitrogens with zero attached hydrogens (tertiary/aromatic N) is 3. The summed E-state index contributed by atoms with van der Waals surface area (Å²) in [5, 5.41) is 6.35. The van der Waals surface area contributed by atoms with Crippen LogP contribution < -0.4 is 5.32 Å². The summed E-state index contributed by atoms with van der Waals surface area (Å²) in [5.41, 5.74) is 2.94. The summed E-state index contributed by atoms with van der Waals surface area (Å²) in [6, 6.07) is 4.02. The van der Waals surface area contributed by atoms with Gasteiger partial charge in [-0.25, -0.2) is 9.97 Å². The van der Waals surface area contributed by atoms with Gasteiger partial charge in [0.2, 0.25) is 0 Å². The number of thioether (sulfide) groups is 1. The first-order chi connectivity index (χ1) is 12.9. The summed E-state index contributed by atoms with van der Waals surface area (Å²) in [5.74, 6) is 2.05. The van der Waals surface area contributed by atoms with E-state index < -0.39 is 0 Å². The van der Waals surface area contributed by atoms with Gasteiger partial charge in [-0.05, 0) is 50.4 Å². The zero-order valence-electron chi connectivity index (χ0n) is 16.7. The molecule has 0 saturated carbocycles. The predicted molar refractivity (Wildman–Crippen MR) is 119 cm³/mol. The minimum absolute atomic E-state index is 0.240. The minimum Gasteiger partial charge on any atom is -0.374 e. The van der Waals surface area contributed by atoms with E-state index in [0.717, 1.165) is 32.7 Å². The van der Waals surface area contributed by atoms with Crippen molar-refractivity contribution >= 4 is 41.3 Å². The number of rotatable bonds is 10. The summed E-state index contributed by atoms with van der Waals surface area (Å²) in [4.78, 5) is 14.1. The molecule has 0 aliphatic heterocycles. The minimum atomic E-state index is 0.240. The van der Waals surface area contributed by atoms with Gasteiger partial charge in [-0.1, -0.05) is 19.9 Å². The SMILES string of the molecule is C=N/C(=C\SCNc1ccc(COC(C)C(C)C)cn1)c1sc(C)nc1C. The highest BCUT2D eigenvalue weighted by atomic mass is 32.2. The van der Waals surface area contributed by atoms with E-state index in [4.69, 9.17) is 4.74 Å². The highest BCUT2D eigenvalue weighted by Crippen LogP contribution is 2.28. The summed E-state index contributed by atoms with van der Waals surface area (Å²) in [6.45, 7) is 14.7. The number of pyridine rings is 1. The summed E-state index contributed by atoms with van der Waals surface area (Å²) >= 11 is 3.26. The first kappa shape index (κ1) is 21.6. The zero-order valence-corrected chi connectivity index (χ0v) is 18.3. The lowest BCUT2D eigenvalue weighted by molar-refractivity contribution is 0.0234. The Morgan fingerprint density at radius 2 is 2.15 bits per heavy atom. The summed E-state index contributed by atoms with van der Waals surface area (Å²) in [7, 11) is 0. The Morgan fingerprint density at radius 3 is 2.70 bits per heavy atom. The molecule has 27 heavy (non-hydrogen) atoms.